The molecule has 1 N–H and O–H groups in total. The van der Waals surface area contributed by atoms with Crippen LogP contribution in [0.25, 0.3) is 0 Å². The van der Waals surface area contributed by atoms with Gasteiger partial charge in [-0.2, -0.15) is 5.10 Å². The molecule has 1 aromatic heterocycles. The third kappa shape index (κ3) is 3.29. The second-order valence-electron chi connectivity index (χ2n) is 6.60. The summed E-state index contributed by atoms with van der Waals surface area (Å²) in [5.41, 5.74) is 2.48. The number of rotatable bonds is 4. The highest BCUT2D eigenvalue weighted by Crippen LogP contribution is 2.26. The summed E-state index contributed by atoms with van der Waals surface area (Å²) in [5.74, 6) is -0.204. The van der Waals surface area contributed by atoms with Crippen molar-refractivity contribution in [2.75, 3.05) is 20.2 Å². The Morgan fingerprint density at radius 2 is 1.88 bits per heavy atom. The molecule has 1 aliphatic heterocycles. The van der Waals surface area contributed by atoms with Gasteiger partial charge in [-0.05, 0) is 50.5 Å². The summed E-state index contributed by atoms with van der Waals surface area (Å²) in [5, 5.41) is 13.4. The Morgan fingerprint density at radius 3 is 2.42 bits per heavy atom. The Hall–Kier alpha value is -2.83. The van der Waals surface area contributed by atoms with Gasteiger partial charge in [-0.1, -0.05) is 0 Å². The van der Waals surface area contributed by atoms with Crippen molar-refractivity contribution in [3.8, 4) is 5.75 Å². The minimum Gasteiger partial charge on any atom is -0.497 e. The van der Waals surface area contributed by atoms with Gasteiger partial charge in [0, 0.05) is 18.7 Å². The van der Waals surface area contributed by atoms with E-state index in [9.17, 15) is 9.59 Å². The van der Waals surface area contributed by atoms with Gasteiger partial charge in [0.05, 0.1) is 25.0 Å². The highest BCUT2D eigenvalue weighted by Gasteiger charge is 2.27. The van der Waals surface area contributed by atoms with E-state index in [0.717, 1.165) is 24.2 Å². The molecule has 2 heterocycles. The maximum atomic E-state index is 12.8. The van der Waals surface area contributed by atoms with Crippen molar-refractivity contribution >= 4 is 11.9 Å². The van der Waals surface area contributed by atoms with Gasteiger partial charge in [-0.3, -0.25) is 9.48 Å². The molecule has 7 nitrogen and oxygen atoms in total. The Balaban J connectivity index is 1.69. The lowest BCUT2D eigenvalue weighted by atomic mass is 10.0. The molecule has 0 bridgehead atoms. The van der Waals surface area contributed by atoms with Crippen LogP contribution in [0.2, 0.25) is 0 Å². The summed E-state index contributed by atoms with van der Waals surface area (Å²) >= 11 is 0. The lowest BCUT2D eigenvalue weighted by Gasteiger charge is -2.33. The minimum atomic E-state index is -0.962. The molecular weight excluding hydrogens is 334 g/mol. The molecule has 1 amide bonds. The number of amides is 1. The van der Waals surface area contributed by atoms with Gasteiger partial charge in [0.2, 0.25) is 0 Å². The molecule has 26 heavy (non-hydrogen) atoms. The van der Waals surface area contributed by atoms with Crippen LogP contribution in [-0.2, 0) is 0 Å². The molecule has 0 radical (unpaired) electrons. The molecule has 0 spiro atoms. The number of carboxylic acid groups (broad SMARTS) is 1. The maximum Gasteiger partial charge on any atom is 0.339 e. The fraction of sp³-hybridized carbons (Fsp3) is 0.421. The van der Waals surface area contributed by atoms with Crippen molar-refractivity contribution in [1.29, 1.82) is 0 Å². The molecule has 0 saturated carbocycles. The van der Waals surface area contributed by atoms with Crippen LogP contribution in [-0.4, -0.2) is 51.9 Å². The van der Waals surface area contributed by atoms with Gasteiger partial charge < -0.3 is 14.7 Å². The zero-order chi connectivity index (χ0) is 18.8. The molecule has 0 atom stereocenters. The zero-order valence-corrected chi connectivity index (χ0v) is 15.2. The number of likely N-dealkylation sites (tertiary alicyclic amines) is 1. The predicted octanol–water partition coefficient (Wildman–Crippen LogP) is 2.68. The standard InChI is InChI=1S/C19H23N3O4/c1-12-10-15(26-3)4-5-16(12)18(23)21-8-6-14(7-9-21)22-13(2)17(11-20-22)19(24)25/h4-5,10-11,14H,6-9H2,1-3H3,(H,24,25). The van der Waals surface area contributed by atoms with E-state index in [4.69, 9.17) is 9.84 Å². The van der Waals surface area contributed by atoms with Crippen LogP contribution in [0, 0.1) is 13.8 Å². The van der Waals surface area contributed by atoms with Crippen molar-refractivity contribution < 1.29 is 19.4 Å². The van der Waals surface area contributed by atoms with Crippen LogP contribution in [0.5, 0.6) is 5.75 Å². The number of hydrogen-bond donors (Lipinski definition) is 1. The molecule has 0 unspecified atom stereocenters. The quantitative estimate of drug-likeness (QED) is 0.909. The van der Waals surface area contributed by atoms with E-state index >= 15 is 0 Å². The zero-order valence-electron chi connectivity index (χ0n) is 15.2. The second kappa shape index (κ2) is 7.19. The average molecular weight is 357 g/mol. The number of hydrogen-bond acceptors (Lipinski definition) is 4. The van der Waals surface area contributed by atoms with Gasteiger partial charge in [-0.15, -0.1) is 0 Å². The first-order chi connectivity index (χ1) is 12.4. The number of benzene rings is 1. The Labute approximate surface area is 152 Å². The topological polar surface area (TPSA) is 84.7 Å². The molecule has 7 heteroatoms. The molecule has 1 saturated heterocycles. The summed E-state index contributed by atoms with van der Waals surface area (Å²) in [7, 11) is 1.61. The maximum absolute atomic E-state index is 12.8. The number of piperidine rings is 1. The van der Waals surface area contributed by atoms with E-state index in [1.807, 2.05) is 17.9 Å². The Bertz CT molecular complexity index is 835. The molecule has 0 aliphatic carbocycles. The lowest BCUT2D eigenvalue weighted by Crippen LogP contribution is -2.39. The molecule has 138 valence electrons. The molecule has 2 aromatic rings. The van der Waals surface area contributed by atoms with E-state index in [0.29, 0.717) is 24.3 Å². The number of carboxylic acids is 1. The SMILES string of the molecule is COc1ccc(C(=O)N2CCC(n3ncc(C(=O)O)c3C)CC2)c(C)c1. The summed E-state index contributed by atoms with van der Waals surface area (Å²) in [6, 6.07) is 5.58. The summed E-state index contributed by atoms with van der Waals surface area (Å²) in [6.07, 6.45) is 2.90. The van der Waals surface area contributed by atoms with Crippen LogP contribution in [0.4, 0.5) is 0 Å². The van der Waals surface area contributed by atoms with E-state index in [1.54, 1.807) is 30.8 Å². The highest BCUT2D eigenvalue weighted by molar-refractivity contribution is 5.95. The van der Waals surface area contributed by atoms with Crippen molar-refractivity contribution in [2.24, 2.45) is 0 Å². The predicted molar refractivity (Wildman–Crippen MR) is 95.8 cm³/mol. The smallest absolute Gasteiger partial charge is 0.339 e. The molecular formula is C19H23N3O4. The van der Waals surface area contributed by atoms with Gasteiger partial charge in [-0.25, -0.2) is 4.79 Å². The van der Waals surface area contributed by atoms with Crippen LogP contribution < -0.4 is 4.74 Å². The highest BCUT2D eigenvalue weighted by atomic mass is 16.5. The molecule has 1 aromatic carbocycles. The van der Waals surface area contributed by atoms with Crippen molar-refractivity contribution in [3.05, 3.63) is 46.8 Å². The van der Waals surface area contributed by atoms with Crippen LogP contribution in [0.15, 0.2) is 24.4 Å². The molecule has 1 fully saturated rings. The average Bonchev–Trinajstić information content (AvgIpc) is 3.03. The Kier molecular flexibility index (Phi) is 4.97. The van der Waals surface area contributed by atoms with E-state index in [-0.39, 0.29) is 17.5 Å². The van der Waals surface area contributed by atoms with E-state index in [2.05, 4.69) is 5.10 Å². The second-order valence-corrected chi connectivity index (χ2v) is 6.60. The van der Waals surface area contributed by atoms with Gasteiger partial charge >= 0.3 is 5.97 Å². The first kappa shape index (κ1) is 18.0. The van der Waals surface area contributed by atoms with Crippen LogP contribution >= 0.6 is 0 Å². The number of methoxy groups -OCH3 is 1. The summed E-state index contributed by atoms with van der Waals surface area (Å²) in [6.45, 7) is 4.92. The number of aromatic nitrogens is 2. The van der Waals surface area contributed by atoms with Gasteiger partial charge in [0.25, 0.3) is 5.91 Å². The first-order valence-corrected chi connectivity index (χ1v) is 8.63. The number of carbonyl (C=O) groups excluding carboxylic acids is 1. The van der Waals surface area contributed by atoms with Crippen molar-refractivity contribution in [3.63, 3.8) is 0 Å². The van der Waals surface area contributed by atoms with Crippen molar-refractivity contribution in [2.45, 2.75) is 32.7 Å². The normalized spacial score (nSPS) is 15.1. The van der Waals surface area contributed by atoms with E-state index < -0.39 is 5.97 Å². The van der Waals surface area contributed by atoms with Gasteiger partial charge in [0.15, 0.2) is 0 Å². The number of ether oxygens (including phenoxy) is 1. The third-order valence-corrected chi connectivity index (χ3v) is 5.04. The number of aryl methyl sites for hydroxylation is 1. The fourth-order valence-corrected chi connectivity index (χ4v) is 3.49. The van der Waals surface area contributed by atoms with Crippen molar-refractivity contribution in [1.82, 2.24) is 14.7 Å². The monoisotopic (exact) mass is 357 g/mol. The number of nitrogens with zero attached hydrogens (tertiary/aromatic N) is 3. The summed E-state index contributed by atoms with van der Waals surface area (Å²) in [4.78, 5) is 25.8. The third-order valence-electron chi connectivity index (χ3n) is 5.04. The first-order valence-electron chi connectivity index (χ1n) is 8.63. The molecule has 1 aliphatic rings. The van der Waals surface area contributed by atoms with E-state index in [1.165, 1.54) is 6.20 Å². The fourth-order valence-electron chi connectivity index (χ4n) is 3.49. The lowest BCUT2D eigenvalue weighted by molar-refractivity contribution is 0.0687. The largest absolute Gasteiger partial charge is 0.497 e. The molecule has 3 rings (SSSR count). The van der Waals surface area contributed by atoms with Crippen LogP contribution in [0.3, 0.4) is 0 Å². The van der Waals surface area contributed by atoms with Gasteiger partial charge in [0.1, 0.15) is 11.3 Å². The number of carbonyl (C=O) groups is 2. The Morgan fingerprint density at radius 1 is 1.19 bits per heavy atom. The minimum absolute atomic E-state index is 0.0204. The number of aromatic carboxylic acids is 1. The summed E-state index contributed by atoms with van der Waals surface area (Å²) < 4.78 is 6.97. The van der Waals surface area contributed by atoms with Crippen LogP contribution in [0.1, 0.15) is 50.9 Å².